The molecule has 0 aromatic rings. The molecule has 66 valence electrons. The van der Waals surface area contributed by atoms with Crippen LogP contribution < -0.4 is 11.3 Å². The van der Waals surface area contributed by atoms with Gasteiger partial charge in [-0.05, 0) is 23.7 Å². The molecule has 0 heterocycles. The summed E-state index contributed by atoms with van der Waals surface area (Å²) in [6.07, 6.45) is 0. The van der Waals surface area contributed by atoms with Crippen LogP contribution in [0.3, 0.4) is 0 Å². The van der Waals surface area contributed by atoms with Crippen LogP contribution in [0.2, 0.25) is 0 Å². The van der Waals surface area contributed by atoms with E-state index in [0.29, 0.717) is 22.8 Å². The Hall–Kier alpha value is -0.0800. The predicted molar refractivity (Wildman–Crippen MR) is 47.8 cm³/mol. The highest BCUT2D eigenvalue weighted by atomic mass is 15.2. The van der Waals surface area contributed by atoms with Gasteiger partial charge in [-0.1, -0.05) is 27.7 Å². The fourth-order valence-corrected chi connectivity index (χ4v) is 2.59. The van der Waals surface area contributed by atoms with Crippen molar-refractivity contribution >= 4 is 0 Å². The molecule has 11 heavy (non-hydrogen) atoms. The number of rotatable bonds is 2. The highest BCUT2D eigenvalue weighted by Crippen LogP contribution is 2.69. The topological polar surface area (TPSA) is 38.0 Å². The first-order chi connectivity index (χ1) is 4.85. The van der Waals surface area contributed by atoms with Crippen LogP contribution in [0, 0.1) is 16.7 Å². The largest absolute Gasteiger partial charge is 0.271 e. The van der Waals surface area contributed by atoms with Crippen molar-refractivity contribution in [2.24, 2.45) is 22.6 Å². The lowest BCUT2D eigenvalue weighted by atomic mass is 10.0. The lowest BCUT2D eigenvalue weighted by molar-refractivity contribution is 0.432. The molecule has 0 saturated heterocycles. The third kappa shape index (κ3) is 1.00. The van der Waals surface area contributed by atoms with Crippen LogP contribution in [-0.4, -0.2) is 6.04 Å². The van der Waals surface area contributed by atoms with Gasteiger partial charge in [-0.3, -0.25) is 11.3 Å². The van der Waals surface area contributed by atoms with Crippen LogP contribution in [0.4, 0.5) is 0 Å². The molecule has 1 fully saturated rings. The van der Waals surface area contributed by atoms with Gasteiger partial charge in [0.2, 0.25) is 0 Å². The van der Waals surface area contributed by atoms with Gasteiger partial charge in [0.15, 0.2) is 0 Å². The van der Waals surface area contributed by atoms with E-state index in [1.165, 1.54) is 0 Å². The molecular formula is C9H20N2. The molecule has 1 saturated carbocycles. The second kappa shape index (κ2) is 2.20. The number of nitrogens with two attached hydrogens (primary N) is 1. The number of hydrazine groups is 1. The Labute approximate surface area is 69.5 Å². The summed E-state index contributed by atoms with van der Waals surface area (Å²) < 4.78 is 0. The van der Waals surface area contributed by atoms with Gasteiger partial charge in [0.05, 0.1) is 0 Å². The Kier molecular flexibility index (Phi) is 1.81. The van der Waals surface area contributed by atoms with E-state index >= 15 is 0 Å². The summed E-state index contributed by atoms with van der Waals surface area (Å²) in [6.45, 7) is 11.4. The fourth-order valence-electron chi connectivity index (χ4n) is 2.59. The van der Waals surface area contributed by atoms with Crippen molar-refractivity contribution in [3.8, 4) is 0 Å². The minimum Gasteiger partial charge on any atom is -0.271 e. The minimum atomic E-state index is 0.431. The Bertz CT molecular complexity index is 147. The molecule has 0 spiro atoms. The molecule has 2 nitrogen and oxygen atoms in total. The van der Waals surface area contributed by atoms with Gasteiger partial charge in [-0.2, -0.15) is 0 Å². The summed E-state index contributed by atoms with van der Waals surface area (Å²) in [4.78, 5) is 0. The summed E-state index contributed by atoms with van der Waals surface area (Å²) >= 11 is 0. The standard InChI is InChI=1S/C9H20N2/c1-6(11-10)7-8(2,3)9(7,4)5/h6-7,11H,10H2,1-5H3. The second-order valence-electron chi connectivity index (χ2n) is 4.88. The van der Waals surface area contributed by atoms with Crippen LogP contribution in [0.25, 0.3) is 0 Å². The maximum Gasteiger partial charge on any atom is 0.0221 e. The monoisotopic (exact) mass is 156 g/mol. The molecule has 1 aliphatic carbocycles. The average Bonchev–Trinajstić information content (AvgIpc) is 2.24. The molecule has 3 N–H and O–H groups in total. The van der Waals surface area contributed by atoms with E-state index in [0.717, 1.165) is 0 Å². The molecule has 0 amide bonds. The van der Waals surface area contributed by atoms with Gasteiger partial charge in [-0.25, -0.2) is 0 Å². The third-order valence-electron chi connectivity index (χ3n) is 3.90. The molecule has 0 aliphatic heterocycles. The molecule has 2 heteroatoms. The molecule has 1 unspecified atom stereocenters. The Morgan fingerprint density at radius 2 is 1.55 bits per heavy atom. The summed E-state index contributed by atoms with van der Waals surface area (Å²) in [6, 6.07) is 0.431. The van der Waals surface area contributed by atoms with E-state index in [2.05, 4.69) is 40.0 Å². The van der Waals surface area contributed by atoms with Gasteiger partial charge < -0.3 is 0 Å². The van der Waals surface area contributed by atoms with Crippen molar-refractivity contribution < 1.29 is 0 Å². The van der Waals surface area contributed by atoms with Crippen LogP contribution in [0.1, 0.15) is 34.6 Å². The molecule has 0 aromatic carbocycles. The first-order valence-corrected chi connectivity index (χ1v) is 4.32. The van der Waals surface area contributed by atoms with E-state index in [1.54, 1.807) is 0 Å². The number of nitrogens with one attached hydrogen (secondary N) is 1. The minimum absolute atomic E-state index is 0.431. The summed E-state index contributed by atoms with van der Waals surface area (Å²) in [5.41, 5.74) is 3.72. The second-order valence-corrected chi connectivity index (χ2v) is 4.88. The lowest BCUT2D eigenvalue weighted by Gasteiger charge is -2.11. The van der Waals surface area contributed by atoms with Gasteiger partial charge in [0.1, 0.15) is 0 Å². The van der Waals surface area contributed by atoms with E-state index in [1.807, 2.05) is 0 Å². The third-order valence-corrected chi connectivity index (χ3v) is 3.90. The van der Waals surface area contributed by atoms with E-state index < -0.39 is 0 Å². The van der Waals surface area contributed by atoms with E-state index in [-0.39, 0.29) is 0 Å². The lowest BCUT2D eigenvalue weighted by Crippen LogP contribution is -2.35. The summed E-state index contributed by atoms with van der Waals surface area (Å²) in [7, 11) is 0. The summed E-state index contributed by atoms with van der Waals surface area (Å²) in [5.74, 6) is 6.11. The molecule has 1 atom stereocenters. The average molecular weight is 156 g/mol. The molecule has 0 radical (unpaired) electrons. The van der Waals surface area contributed by atoms with E-state index in [4.69, 9.17) is 5.84 Å². The predicted octanol–water partition coefficient (Wildman–Crippen LogP) is 1.52. The quantitative estimate of drug-likeness (QED) is 0.470. The first-order valence-electron chi connectivity index (χ1n) is 4.32. The van der Waals surface area contributed by atoms with Crippen molar-refractivity contribution in [3.05, 3.63) is 0 Å². The highest BCUT2D eigenvalue weighted by molar-refractivity contribution is 5.15. The molecule has 0 aromatic heterocycles. The Morgan fingerprint density at radius 3 is 1.64 bits per heavy atom. The smallest absolute Gasteiger partial charge is 0.0221 e. The zero-order chi connectivity index (χ0) is 8.86. The van der Waals surface area contributed by atoms with Crippen molar-refractivity contribution in [2.75, 3.05) is 0 Å². The van der Waals surface area contributed by atoms with Crippen molar-refractivity contribution in [3.63, 3.8) is 0 Å². The van der Waals surface area contributed by atoms with Gasteiger partial charge >= 0.3 is 0 Å². The maximum absolute atomic E-state index is 5.41. The first kappa shape index (κ1) is 9.01. The van der Waals surface area contributed by atoms with Crippen LogP contribution >= 0.6 is 0 Å². The van der Waals surface area contributed by atoms with Crippen molar-refractivity contribution in [1.82, 2.24) is 5.43 Å². The van der Waals surface area contributed by atoms with Crippen molar-refractivity contribution in [2.45, 2.75) is 40.7 Å². The Morgan fingerprint density at radius 1 is 1.18 bits per heavy atom. The van der Waals surface area contributed by atoms with Crippen LogP contribution in [0.5, 0.6) is 0 Å². The summed E-state index contributed by atoms with van der Waals surface area (Å²) in [5, 5.41) is 0. The molecular weight excluding hydrogens is 136 g/mol. The van der Waals surface area contributed by atoms with Gasteiger partial charge in [0, 0.05) is 6.04 Å². The normalized spacial score (nSPS) is 30.0. The number of hydrogen-bond donors (Lipinski definition) is 2. The van der Waals surface area contributed by atoms with Crippen LogP contribution in [-0.2, 0) is 0 Å². The fraction of sp³-hybridized carbons (Fsp3) is 1.00. The molecule has 1 rings (SSSR count). The zero-order valence-electron chi connectivity index (χ0n) is 8.23. The highest BCUT2D eigenvalue weighted by Gasteiger charge is 2.66. The SMILES string of the molecule is CC(NN)C1C(C)(C)C1(C)C. The van der Waals surface area contributed by atoms with Gasteiger partial charge in [0.25, 0.3) is 0 Å². The number of hydrogen-bond acceptors (Lipinski definition) is 2. The van der Waals surface area contributed by atoms with Crippen LogP contribution in [0.15, 0.2) is 0 Å². The van der Waals surface area contributed by atoms with Gasteiger partial charge in [-0.15, -0.1) is 0 Å². The van der Waals surface area contributed by atoms with E-state index in [9.17, 15) is 0 Å². The maximum atomic E-state index is 5.41. The Balaban J connectivity index is 2.67. The zero-order valence-corrected chi connectivity index (χ0v) is 8.23. The molecule has 0 bridgehead atoms. The molecule has 1 aliphatic rings. The van der Waals surface area contributed by atoms with Crippen molar-refractivity contribution in [1.29, 1.82) is 0 Å².